The monoisotopic (exact) mass is 526 g/mol. The Kier molecular flexibility index (Phi) is 10.3. The molecule has 0 aliphatic rings. The lowest BCUT2D eigenvalue weighted by molar-refractivity contribution is 0.592. The Morgan fingerprint density at radius 2 is 1.26 bits per heavy atom. The van der Waals surface area contributed by atoms with E-state index < -0.39 is 9.52 Å². The molecule has 1 heterocycles. The third-order valence-electron chi connectivity index (χ3n) is 7.60. The molecule has 0 saturated heterocycles. The van der Waals surface area contributed by atoms with Gasteiger partial charge in [-0.15, -0.1) is 0 Å². The van der Waals surface area contributed by atoms with Crippen molar-refractivity contribution in [3.05, 3.63) is 174 Å². The van der Waals surface area contributed by atoms with E-state index in [1.807, 2.05) is 12.5 Å². The maximum Gasteiger partial charge on any atom is 0.116 e. The lowest BCUT2D eigenvalue weighted by Gasteiger charge is -2.36. The van der Waals surface area contributed by atoms with E-state index in [1.54, 1.807) is 0 Å². The van der Waals surface area contributed by atoms with Crippen LogP contribution in [0, 0.1) is 0 Å². The van der Waals surface area contributed by atoms with Crippen LogP contribution in [0.25, 0.3) is 0 Å². The van der Waals surface area contributed by atoms with E-state index in [-0.39, 0.29) is 5.16 Å². The third kappa shape index (κ3) is 7.16. The number of benzene rings is 4. The van der Waals surface area contributed by atoms with Crippen molar-refractivity contribution in [1.29, 1.82) is 0 Å². The average molecular weight is 527 g/mol. The number of hydrogen-bond acceptors (Lipinski definition) is 1. The maximum absolute atomic E-state index is 4.37. The molecule has 0 atom stereocenters. The second kappa shape index (κ2) is 14.3. The van der Waals surface area contributed by atoms with Gasteiger partial charge in [0.2, 0.25) is 0 Å². The molecule has 0 bridgehead atoms. The van der Waals surface area contributed by atoms with Gasteiger partial charge in [-0.2, -0.15) is 0 Å². The summed E-state index contributed by atoms with van der Waals surface area (Å²) in [6, 6.07) is 44.2. The smallest absolute Gasteiger partial charge is 0.116 e. The van der Waals surface area contributed by atoms with Gasteiger partial charge in [0.1, 0.15) is 7.85 Å². The molecule has 2 nitrogen and oxygen atoms in total. The number of aromatic nitrogens is 2. The predicted octanol–water partition coefficient (Wildman–Crippen LogP) is 6.99. The van der Waals surface area contributed by atoms with Crippen LogP contribution < -0.4 is 0 Å². The van der Waals surface area contributed by atoms with E-state index in [1.165, 1.54) is 33.9 Å². The second-order valence-corrected chi connectivity index (χ2v) is 12.1. The Morgan fingerprint density at radius 3 is 1.67 bits per heavy atom. The van der Waals surface area contributed by atoms with Crippen molar-refractivity contribution in [2.45, 2.75) is 37.3 Å². The van der Waals surface area contributed by atoms with Crippen molar-refractivity contribution >= 4 is 17.4 Å². The highest BCUT2D eigenvalue weighted by Gasteiger charge is 2.35. The first-order valence-electron chi connectivity index (χ1n) is 14.0. The molecule has 5 rings (SSSR count). The topological polar surface area (TPSA) is 17.8 Å². The van der Waals surface area contributed by atoms with Gasteiger partial charge in [-0.25, -0.2) is 4.98 Å². The fourth-order valence-electron chi connectivity index (χ4n) is 5.14. The van der Waals surface area contributed by atoms with Crippen molar-refractivity contribution in [3.63, 3.8) is 0 Å². The SMILES string of the molecule is BC(c1ccccc1)c1ccccc1.CCC(C)=CC[SiH2]C(c1ccccc1)(c1ccccc1)n1ccnc1. The fourth-order valence-corrected chi connectivity index (χ4v) is 7.69. The second-order valence-electron chi connectivity index (χ2n) is 10.0. The van der Waals surface area contributed by atoms with Gasteiger partial charge in [-0.1, -0.05) is 140 Å². The molecule has 4 aromatic carbocycles. The minimum absolute atomic E-state index is 0.108. The lowest BCUT2D eigenvalue weighted by Crippen LogP contribution is -2.41. The third-order valence-corrected chi connectivity index (χ3v) is 10.1. The van der Waals surface area contributed by atoms with Crippen LogP contribution in [0.5, 0.6) is 0 Å². The van der Waals surface area contributed by atoms with Crippen molar-refractivity contribution in [3.8, 4) is 0 Å². The molecule has 0 aliphatic carbocycles. The molecule has 39 heavy (non-hydrogen) atoms. The van der Waals surface area contributed by atoms with Gasteiger partial charge in [-0.05, 0) is 47.5 Å². The van der Waals surface area contributed by atoms with Crippen molar-refractivity contribution in [2.24, 2.45) is 0 Å². The van der Waals surface area contributed by atoms with Gasteiger partial charge in [-0.3, -0.25) is 0 Å². The number of imidazole rings is 1. The van der Waals surface area contributed by atoms with E-state index in [0.717, 1.165) is 6.42 Å². The summed E-state index contributed by atoms with van der Waals surface area (Å²) in [5, 5.41) is -0.108. The Balaban J connectivity index is 0.000000212. The molecule has 0 aliphatic heterocycles. The standard InChI is InChI=1S/C22H26N2Si.C13H13B/c1-3-19(2)14-17-25-22(24-16-15-23-18-24,20-10-6-4-7-11-20)21-12-8-5-9-13-21;14-13(11-7-3-1-4-8-11)12-9-5-2-6-10-12/h4-16,18H,3,17,25H2,1-2H3;1-10,13H,14H2. The Labute approximate surface area is 237 Å². The molecular formula is C35H39BN2Si. The molecule has 0 fully saturated rings. The predicted molar refractivity (Wildman–Crippen MR) is 172 cm³/mol. The van der Waals surface area contributed by atoms with Crippen LogP contribution in [0.4, 0.5) is 0 Å². The van der Waals surface area contributed by atoms with Gasteiger partial charge in [0.25, 0.3) is 0 Å². The summed E-state index contributed by atoms with van der Waals surface area (Å²) in [5.41, 5.74) is 6.94. The molecule has 0 spiro atoms. The zero-order chi connectivity index (χ0) is 27.3. The summed E-state index contributed by atoms with van der Waals surface area (Å²) in [6.45, 7) is 4.46. The molecule has 0 amide bonds. The first-order chi connectivity index (χ1) is 19.1. The summed E-state index contributed by atoms with van der Waals surface area (Å²) < 4.78 is 2.32. The number of rotatable bonds is 9. The van der Waals surface area contributed by atoms with Crippen molar-refractivity contribution in [2.75, 3.05) is 0 Å². The van der Waals surface area contributed by atoms with E-state index >= 15 is 0 Å². The fraction of sp³-hybridized carbons (Fsp3) is 0.171. The molecule has 0 radical (unpaired) electrons. The van der Waals surface area contributed by atoms with Crippen LogP contribution in [-0.4, -0.2) is 26.9 Å². The Hall–Kier alpha value is -3.89. The maximum atomic E-state index is 4.37. The number of nitrogens with zero attached hydrogens (tertiary/aromatic N) is 2. The van der Waals surface area contributed by atoms with E-state index in [4.69, 9.17) is 0 Å². The van der Waals surface area contributed by atoms with Crippen LogP contribution in [0.2, 0.25) is 6.04 Å². The van der Waals surface area contributed by atoms with E-state index in [9.17, 15) is 0 Å². The van der Waals surface area contributed by atoms with Gasteiger partial charge < -0.3 is 4.57 Å². The molecule has 1 aromatic heterocycles. The van der Waals surface area contributed by atoms with Crippen LogP contribution in [0.1, 0.15) is 48.3 Å². The summed E-state index contributed by atoms with van der Waals surface area (Å²) >= 11 is 0. The molecular weight excluding hydrogens is 487 g/mol. The van der Waals surface area contributed by atoms with Crippen molar-refractivity contribution < 1.29 is 0 Å². The lowest BCUT2D eigenvalue weighted by atomic mass is 9.76. The van der Waals surface area contributed by atoms with Gasteiger partial charge in [0, 0.05) is 12.4 Å². The van der Waals surface area contributed by atoms with Gasteiger partial charge in [0.05, 0.1) is 21.0 Å². The largest absolute Gasteiger partial charge is 0.327 e. The quantitative estimate of drug-likeness (QED) is 0.150. The normalized spacial score (nSPS) is 11.9. The highest BCUT2D eigenvalue weighted by atomic mass is 28.2. The Bertz CT molecular complexity index is 1310. The first-order valence-corrected chi connectivity index (χ1v) is 15.7. The summed E-state index contributed by atoms with van der Waals surface area (Å²) in [7, 11) is 1.69. The van der Waals surface area contributed by atoms with E-state index in [0.29, 0.717) is 5.82 Å². The Morgan fingerprint density at radius 1 is 0.795 bits per heavy atom. The molecule has 5 aromatic rings. The molecule has 4 heteroatoms. The summed E-state index contributed by atoms with van der Waals surface area (Å²) in [6.07, 6.45) is 9.54. The summed E-state index contributed by atoms with van der Waals surface area (Å²) in [5.74, 6) is 0.484. The molecule has 196 valence electrons. The highest BCUT2D eigenvalue weighted by Crippen LogP contribution is 2.34. The zero-order valence-corrected chi connectivity index (χ0v) is 24.9. The van der Waals surface area contributed by atoms with Crippen LogP contribution in [-0.2, 0) is 5.16 Å². The zero-order valence-electron chi connectivity index (χ0n) is 23.4. The minimum Gasteiger partial charge on any atom is -0.327 e. The first kappa shape index (κ1) is 28.1. The van der Waals surface area contributed by atoms with Gasteiger partial charge >= 0.3 is 0 Å². The van der Waals surface area contributed by atoms with E-state index in [2.05, 4.69) is 165 Å². The molecule has 0 N–H and O–H groups in total. The van der Waals surface area contributed by atoms with Crippen LogP contribution >= 0.6 is 0 Å². The van der Waals surface area contributed by atoms with Crippen LogP contribution in [0.15, 0.2) is 152 Å². The molecule has 0 unspecified atom stereocenters. The number of hydrogen-bond donors (Lipinski definition) is 0. The highest BCUT2D eigenvalue weighted by molar-refractivity contribution is 6.42. The molecule has 0 saturated carbocycles. The van der Waals surface area contributed by atoms with Crippen LogP contribution in [0.3, 0.4) is 0 Å². The van der Waals surface area contributed by atoms with Gasteiger partial charge in [0.15, 0.2) is 0 Å². The minimum atomic E-state index is -0.553. The van der Waals surface area contributed by atoms with Crippen molar-refractivity contribution in [1.82, 2.24) is 9.55 Å². The average Bonchev–Trinajstić information content (AvgIpc) is 3.56. The number of allylic oxidation sites excluding steroid dienone is 2. The summed E-state index contributed by atoms with van der Waals surface area (Å²) in [4.78, 5) is 4.37.